The number of halogens is 2. The number of hydrogen-bond acceptors (Lipinski definition) is 4. The molecule has 0 saturated heterocycles. The van der Waals surface area contributed by atoms with Crippen LogP contribution in [0, 0.1) is 31.4 Å². The summed E-state index contributed by atoms with van der Waals surface area (Å²) in [7, 11) is 0. The number of carbonyl (C=O) groups excluding carboxylic acids is 2. The Morgan fingerprint density at radius 1 is 0.906 bits per heavy atom. The van der Waals surface area contributed by atoms with Gasteiger partial charge in [-0.3, -0.25) is 9.59 Å². The molecule has 2 rings (SSSR count). The van der Waals surface area contributed by atoms with Crippen LogP contribution < -0.4 is 0 Å². The van der Waals surface area contributed by atoms with E-state index in [1.54, 1.807) is 72.7 Å². The molecule has 0 spiro atoms. The fraction of sp³-hybridized carbons (Fsp3) is 0.462. The quantitative estimate of drug-likeness (QED) is 0.489. The van der Waals surface area contributed by atoms with Gasteiger partial charge >= 0.3 is 11.9 Å². The second kappa shape index (κ2) is 10.2. The van der Waals surface area contributed by atoms with Gasteiger partial charge in [0, 0.05) is 5.92 Å². The minimum Gasteiger partial charge on any atom is -0.461 e. The number of ether oxygens (including phenoxy) is 2. The van der Waals surface area contributed by atoms with Gasteiger partial charge < -0.3 is 9.47 Å². The lowest BCUT2D eigenvalue weighted by molar-refractivity contribution is -0.163. The van der Waals surface area contributed by atoms with E-state index in [1.165, 1.54) is 12.1 Å². The maximum Gasteiger partial charge on any atom is 0.309 e. The fourth-order valence-corrected chi connectivity index (χ4v) is 3.42. The van der Waals surface area contributed by atoms with Crippen LogP contribution in [0.15, 0.2) is 36.4 Å². The Morgan fingerprint density at radius 3 is 1.78 bits per heavy atom. The molecule has 2 aromatic rings. The van der Waals surface area contributed by atoms with Crippen LogP contribution in [0.3, 0.4) is 0 Å². The van der Waals surface area contributed by atoms with E-state index in [4.69, 9.17) is 9.47 Å². The molecule has 2 atom stereocenters. The van der Waals surface area contributed by atoms with Gasteiger partial charge in [0.1, 0.15) is 23.3 Å². The van der Waals surface area contributed by atoms with Gasteiger partial charge in [0.2, 0.25) is 0 Å². The van der Waals surface area contributed by atoms with Crippen molar-refractivity contribution in [2.24, 2.45) is 5.92 Å². The first-order valence-corrected chi connectivity index (χ1v) is 10.7. The summed E-state index contributed by atoms with van der Waals surface area (Å²) in [6.07, 6.45) is -0.848. The highest BCUT2D eigenvalue weighted by atomic mass is 19.1. The molecule has 0 amide bonds. The number of carbonyl (C=O) groups is 2. The molecule has 2 aromatic carbocycles. The first kappa shape index (κ1) is 25.5. The molecular formula is C26H32F2O4. The molecule has 174 valence electrons. The molecule has 0 aliphatic carbocycles. The Balaban J connectivity index is 2.27. The fourth-order valence-electron chi connectivity index (χ4n) is 3.42. The Kier molecular flexibility index (Phi) is 8.16. The molecule has 0 radical (unpaired) electrons. The van der Waals surface area contributed by atoms with E-state index in [-0.39, 0.29) is 6.42 Å². The summed E-state index contributed by atoms with van der Waals surface area (Å²) in [6, 6.07) is 9.53. The highest BCUT2D eigenvalue weighted by Gasteiger charge is 2.29. The first-order valence-electron chi connectivity index (χ1n) is 10.7. The van der Waals surface area contributed by atoms with Crippen molar-refractivity contribution in [3.05, 3.63) is 70.3 Å². The van der Waals surface area contributed by atoms with Crippen molar-refractivity contribution in [1.29, 1.82) is 0 Å². The largest absolute Gasteiger partial charge is 0.461 e. The van der Waals surface area contributed by atoms with Crippen LogP contribution in [0.5, 0.6) is 0 Å². The summed E-state index contributed by atoms with van der Waals surface area (Å²) in [4.78, 5) is 24.7. The van der Waals surface area contributed by atoms with E-state index in [9.17, 15) is 18.4 Å². The number of esters is 2. The van der Waals surface area contributed by atoms with Crippen LogP contribution >= 0.6 is 0 Å². The summed E-state index contributed by atoms with van der Waals surface area (Å²) >= 11 is 0. The van der Waals surface area contributed by atoms with Gasteiger partial charge in [-0.25, -0.2) is 8.78 Å². The van der Waals surface area contributed by atoms with Crippen molar-refractivity contribution in [1.82, 2.24) is 0 Å². The predicted octanol–water partition coefficient (Wildman–Crippen LogP) is 6.01. The molecule has 0 saturated carbocycles. The van der Waals surface area contributed by atoms with Gasteiger partial charge in [-0.1, -0.05) is 31.2 Å². The molecule has 4 nitrogen and oxygen atoms in total. The van der Waals surface area contributed by atoms with Crippen LogP contribution in [0.2, 0.25) is 0 Å². The average Bonchev–Trinajstić information content (AvgIpc) is 2.66. The average molecular weight is 447 g/mol. The Morgan fingerprint density at radius 2 is 1.38 bits per heavy atom. The smallest absolute Gasteiger partial charge is 0.309 e. The van der Waals surface area contributed by atoms with E-state index >= 15 is 0 Å². The van der Waals surface area contributed by atoms with Crippen molar-refractivity contribution >= 4 is 11.9 Å². The maximum atomic E-state index is 14.3. The van der Waals surface area contributed by atoms with Gasteiger partial charge in [-0.15, -0.1) is 0 Å². The lowest BCUT2D eigenvalue weighted by atomic mass is 9.86. The molecule has 0 N–H and O–H groups in total. The van der Waals surface area contributed by atoms with E-state index in [0.717, 1.165) is 0 Å². The van der Waals surface area contributed by atoms with Gasteiger partial charge in [0.05, 0.1) is 12.3 Å². The van der Waals surface area contributed by atoms with Crippen LogP contribution in [-0.4, -0.2) is 23.6 Å². The molecule has 0 aromatic heterocycles. The molecule has 0 aliphatic rings. The van der Waals surface area contributed by atoms with Crippen molar-refractivity contribution in [3.8, 4) is 0 Å². The SMILES string of the molecule is Cc1ccc(C(c2ccc(C)c(F)c2)[C@H](C)OC(=O)[C@H](C)CC(=O)OC(C)(C)C)cc1F. The summed E-state index contributed by atoms with van der Waals surface area (Å²) in [5, 5.41) is 0. The van der Waals surface area contributed by atoms with E-state index in [2.05, 4.69) is 0 Å². The Bertz CT molecular complexity index is 927. The van der Waals surface area contributed by atoms with Crippen molar-refractivity contribution in [3.63, 3.8) is 0 Å². The predicted molar refractivity (Wildman–Crippen MR) is 119 cm³/mol. The lowest BCUT2D eigenvalue weighted by Crippen LogP contribution is -2.30. The third kappa shape index (κ3) is 6.87. The minimum absolute atomic E-state index is 0.119. The molecule has 0 heterocycles. The van der Waals surface area contributed by atoms with Gasteiger partial charge in [-0.2, -0.15) is 0 Å². The number of benzene rings is 2. The Hall–Kier alpha value is -2.76. The summed E-state index contributed by atoms with van der Waals surface area (Å²) < 4.78 is 39.5. The molecule has 6 heteroatoms. The topological polar surface area (TPSA) is 52.6 Å². The van der Waals surface area contributed by atoms with Crippen LogP contribution in [0.1, 0.15) is 69.2 Å². The monoisotopic (exact) mass is 446 g/mol. The second-order valence-electron chi connectivity index (χ2n) is 9.33. The van der Waals surface area contributed by atoms with E-state index in [1.807, 2.05) is 0 Å². The van der Waals surface area contributed by atoms with E-state index < -0.39 is 47.1 Å². The molecule has 0 aliphatic heterocycles. The number of hydrogen-bond donors (Lipinski definition) is 0. The van der Waals surface area contributed by atoms with E-state index in [0.29, 0.717) is 22.3 Å². The zero-order chi connectivity index (χ0) is 24.2. The van der Waals surface area contributed by atoms with Gasteiger partial charge in [0.15, 0.2) is 0 Å². The van der Waals surface area contributed by atoms with Gasteiger partial charge in [-0.05, 0) is 75.9 Å². The molecule has 0 unspecified atom stereocenters. The van der Waals surface area contributed by atoms with Crippen molar-refractivity contribution < 1.29 is 27.8 Å². The molecular weight excluding hydrogens is 414 g/mol. The molecule has 0 fully saturated rings. The summed E-state index contributed by atoms with van der Waals surface area (Å²) in [5.41, 5.74) is 1.45. The standard InChI is InChI=1S/C26H32F2O4/c1-15-8-10-19(13-21(15)27)24(20-11-9-16(2)22(28)14-20)18(4)31-25(30)17(3)12-23(29)32-26(5,6)7/h8-11,13-14,17-18,24H,12H2,1-7H3/t17-,18+/m1/s1. The zero-order valence-electron chi connectivity index (χ0n) is 19.8. The first-order chi connectivity index (χ1) is 14.8. The normalized spacial score (nSPS) is 13.6. The van der Waals surface area contributed by atoms with Gasteiger partial charge in [0.25, 0.3) is 0 Å². The highest BCUT2D eigenvalue weighted by Crippen LogP contribution is 2.32. The third-order valence-corrected chi connectivity index (χ3v) is 5.18. The van der Waals surface area contributed by atoms with Crippen LogP contribution in [0.4, 0.5) is 8.78 Å². The number of rotatable bonds is 7. The van der Waals surface area contributed by atoms with Crippen LogP contribution in [0.25, 0.3) is 0 Å². The van der Waals surface area contributed by atoms with Crippen molar-refractivity contribution in [2.75, 3.05) is 0 Å². The Labute approximate surface area is 188 Å². The molecule has 32 heavy (non-hydrogen) atoms. The maximum absolute atomic E-state index is 14.3. The minimum atomic E-state index is -0.729. The molecule has 0 bridgehead atoms. The zero-order valence-corrected chi connectivity index (χ0v) is 19.8. The second-order valence-corrected chi connectivity index (χ2v) is 9.33. The third-order valence-electron chi connectivity index (χ3n) is 5.18. The lowest BCUT2D eigenvalue weighted by Gasteiger charge is -2.27. The van der Waals surface area contributed by atoms with Crippen LogP contribution in [-0.2, 0) is 19.1 Å². The van der Waals surface area contributed by atoms with Crippen molar-refractivity contribution in [2.45, 2.75) is 72.5 Å². The highest BCUT2D eigenvalue weighted by molar-refractivity contribution is 5.80. The number of aryl methyl sites for hydroxylation is 2. The summed E-state index contributed by atoms with van der Waals surface area (Å²) in [6.45, 7) is 11.8. The summed E-state index contributed by atoms with van der Waals surface area (Å²) in [5.74, 6) is -3.16.